The maximum absolute atomic E-state index is 13.8. The van der Waals surface area contributed by atoms with Crippen LogP contribution in [0.15, 0.2) is 36.4 Å². The number of rotatable bonds is 8. The third-order valence-corrected chi connectivity index (χ3v) is 4.67. The van der Waals surface area contributed by atoms with Crippen molar-refractivity contribution >= 4 is 24.0 Å². The third-order valence-electron chi connectivity index (χ3n) is 4.32. The van der Waals surface area contributed by atoms with Gasteiger partial charge >= 0.3 is 0 Å². The molecule has 0 aliphatic carbocycles. The van der Waals surface area contributed by atoms with Crippen LogP contribution in [0, 0.1) is 5.82 Å². The van der Waals surface area contributed by atoms with Gasteiger partial charge in [0.15, 0.2) is 11.5 Å². The first-order valence-corrected chi connectivity index (χ1v) is 8.71. The van der Waals surface area contributed by atoms with Gasteiger partial charge in [0.1, 0.15) is 12.4 Å². The molecule has 0 atom stereocenters. The van der Waals surface area contributed by atoms with Crippen LogP contribution in [0.1, 0.15) is 38.3 Å². The quantitative estimate of drug-likeness (QED) is 0.608. The van der Waals surface area contributed by atoms with Crippen LogP contribution < -0.4 is 14.8 Å². The van der Waals surface area contributed by atoms with E-state index in [0.717, 1.165) is 18.5 Å². The summed E-state index contributed by atoms with van der Waals surface area (Å²) in [5.74, 6) is 0.787. The molecule has 6 heteroatoms. The Kier molecular flexibility index (Phi) is 8.68. The van der Waals surface area contributed by atoms with Gasteiger partial charge in [0.25, 0.3) is 0 Å². The summed E-state index contributed by atoms with van der Waals surface area (Å²) in [6, 6.07) is 10.3. The molecule has 0 fully saturated rings. The van der Waals surface area contributed by atoms with Crippen LogP contribution in [0.2, 0.25) is 5.02 Å². The molecule has 2 aromatic carbocycles. The van der Waals surface area contributed by atoms with Crippen LogP contribution in [0.3, 0.4) is 0 Å². The van der Waals surface area contributed by atoms with E-state index in [2.05, 4.69) is 26.1 Å². The van der Waals surface area contributed by atoms with Gasteiger partial charge in [-0.25, -0.2) is 4.39 Å². The molecular formula is C20H26Cl2FNO2. The van der Waals surface area contributed by atoms with Crippen LogP contribution in [0.25, 0.3) is 0 Å². The molecule has 3 nitrogen and oxygen atoms in total. The minimum atomic E-state index is -0.380. The molecule has 0 aliphatic rings. The average molecular weight is 402 g/mol. The molecule has 0 heterocycles. The van der Waals surface area contributed by atoms with Gasteiger partial charge in [-0.1, -0.05) is 30.7 Å². The lowest BCUT2D eigenvalue weighted by Crippen LogP contribution is -2.37. The first-order valence-electron chi connectivity index (χ1n) is 8.34. The first-order chi connectivity index (χ1) is 11.9. The molecule has 0 aliphatic heterocycles. The van der Waals surface area contributed by atoms with Crippen molar-refractivity contribution in [3.63, 3.8) is 0 Å². The van der Waals surface area contributed by atoms with E-state index in [1.54, 1.807) is 19.2 Å². The van der Waals surface area contributed by atoms with E-state index in [1.807, 2.05) is 18.2 Å². The molecule has 26 heavy (non-hydrogen) atoms. The van der Waals surface area contributed by atoms with Crippen LogP contribution >= 0.6 is 24.0 Å². The lowest BCUT2D eigenvalue weighted by molar-refractivity contribution is 0.279. The van der Waals surface area contributed by atoms with Gasteiger partial charge in [-0.2, -0.15) is 0 Å². The maximum atomic E-state index is 13.8. The summed E-state index contributed by atoms with van der Waals surface area (Å²) in [4.78, 5) is 0. The summed E-state index contributed by atoms with van der Waals surface area (Å²) < 4.78 is 25.0. The molecule has 0 aromatic heterocycles. The fourth-order valence-corrected chi connectivity index (χ4v) is 2.45. The first kappa shape index (κ1) is 22.6. The molecule has 0 unspecified atom stereocenters. The van der Waals surface area contributed by atoms with Gasteiger partial charge in [0, 0.05) is 17.6 Å². The Morgan fingerprint density at radius 2 is 1.88 bits per heavy atom. The summed E-state index contributed by atoms with van der Waals surface area (Å²) in [5.41, 5.74) is 1.50. The van der Waals surface area contributed by atoms with Crippen LogP contribution in [-0.2, 0) is 13.2 Å². The van der Waals surface area contributed by atoms with E-state index in [9.17, 15) is 4.39 Å². The molecule has 144 valence electrons. The van der Waals surface area contributed by atoms with Crippen molar-refractivity contribution < 1.29 is 13.9 Å². The van der Waals surface area contributed by atoms with Crippen LogP contribution in [-0.4, -0.2) is 12.6 Å². The van der Waals surface area contributed by atoms with Crippen molar-refractivity contribution in [3.05, 3.63) is 58.4 Å². The van der Waals surface area contributed by atoms with Crippen molar-refractivity contribution in [1.82, 2.24) is 5.32 Å². The second-order valence-electron chi connectivity index (χ2n) is 6.57. The molecule has 0 bridgehead atoms. The van der Waals surface area contributed by atoms with Crippen molar-refractivity contribution in [2.75, 3.05) is 7.11 Å². The van der Waals surface area contributed by atoms with Gasteiger partial charge in [-0.15, -0.1) is 12.4 Å². The molecule has 2 aromatic rings. The lowest BCUT2D eigenvalue weighted by atomic mass is 10.0. The van der Waals surface area contributed by atoms with Gasteiger partial charge in [0.05, 0.1) is 12.1 Å². The zero-order valence-corrected chi connectivity index (χ0v) is 17.1. The normalized spacial score (nSPS) is 11.0. The summed E-state index contributed by atoms with van der Waals surface area (Å²) in [6.45, 7) is 7.26. The van der Waals surface area contributed by atoms with Crippen molar-refractivity contribution in [2.45, 2.75) is 45.9 Å². The highest BCUT2D eigenvalue weighted by atomic mass is 35.5. The Bertz CT molecular complexity index is 703. The van der Waals surface area contributed by atoms with Crippen LogP contribution in [0.5, 0.6) is 11.5 Å². The number of hydrogen-bond donors (Lipinski definition) is 1. The summed E-state index contributed by atoms with van der Waals surface area (Å²) in [7, 11) is 1.59. The molecule has 0 amide bonds. The Morgan fingerprint density at radius 1 is 1.15 bits per heavy atom. The summed E-state index contributed by atoms with van der Waals surface area (Å²) >= 11 is 6.03. The summed E-state index contributed by atoms with van der Waals surface area (Å²) in [5, 5.41) is 3.85. The Hall–Kier alpha value is -1.49. The number of ether oxygens (including phenoxy) is 2. The Morgan fingerprint density at radius 3 is 2.50 bits per heavy atom. The SMILES string of the molecule is CCC(C)(C)NCc1ccc(OCc2c(F)cccc2Cl)c(OC)c1.Cl. The molecular weight excluding hydrogens is 376 g/mol. The molecule has 0 saturated carbocycles. The monoisotopic (exact) mass is 401 g/mol. The number of hydrogen-bond acceptors (Lipinski definition) is 3. The molecule has 0 radical (unpaired) electrons. The standard InChI is InChI=1S/C20H25ClFNO2.ClH/c1-5-20(2,3)23-12-14-9-10-18(19(11-14)24-4)25-13-15-16(21)7-6-8-17(15)22;/h6-11,23H,5,12-13H2,1-4H3;1H. The highest BCUT2D eigenvalue weighted by Crippen LogP contribution is 2.30. The average Bonchev–Trinajstić information content (AvgIpc) is 2.60. The predicted octanol–water partition coefficient (Wildman–Crippen LogP) is 5.77. The van der Waals surface area contributed by atoms with E-state index in [0.29, 0.717) is 22.1 Å². The molecule has 2 rings (SSSR count). The fourth-order valence-electron chi connectivity index (χ4n) is 2.23. The second kappa shape index (κ2) is 10.0. The van der Waals surface area contributed by atoms with Crippen molar-refractivity contribution in [1.29, 1.82) is 0 Å². The fraction of sp³-hybridized carbons (Fsp3) is 0.400. The lowest BCUT2D eigenvalue weighted by Gasteiger charge is -2.24. The minimum Gasteiger partial charge on any atom is -0.493 e. The number of halogens is 3. The Balaban J connectivity index is 0.00000338. The van der Waals surface area contributed by atoms with Gasteiger partial charge < -0.3 is 14.8 Å². The minimum absolute atomic E-state index is 0. The highest BCUT2D eigenvalue weighted by Gasteiger charge is 2.15. The molecule has 0 spiro atoms. The largest absolute Gasteiger partial charge is 0.493 e. The molecule has 0 saturated heterocycles. The second-order valence-corrected chi connectivity index (χ2v) is 6.97. The predicted molar refractivity (Wildman–Crippen MR) is 107 cm³/mol. The number of benzene rings is 2. The van der Waals surface area contributed by atoms with E-state index < -0.39 is 0 Å². The van der Waals surface area contributed by atoms with E-state index >= 15 is 0 Å². The van der Waals surface area contributed by atoms with Crippen LogP contribution in [0.4, 0.5) is 4.39 Å². The topological polar surface area (TPSA) is 30.5 Å². The molecule has 1 N–H and O–H groups in total. The zero-order valence-electron chi connectivity index (χ0n) is 15.6. The van der Waals surface area contributed by atoms with E-state index in [4.69, 9.17) is 21.1 Å². The van der Waals surface area contributed by atoms with E-state index in [1.165, 1.54) is 6.07 Å². The van der Waals surface area contributed by atoms with Gasteiger partial charge in [-0.3, -0.25) is 0 Å². The number of nitrogens with one attached hydrogen (secondary N) is 1. The van der Waals surface area contributed by atoms with Gasteiger partial charge in [0.2, 0.25) is 0 Å². The van der Waals surface area contributed by atoms with Crippen molar-refractivity contribution in [2.24, 2.45) is 0 Å². The number of methoxy groups -OCH3 is 1. The zero-order chi connectivity index (χ0) is 18.4. The van der Waals surface area contributed by atoms with Gasteiger partial charge in [-0.05, 0) is 50.1 Å². The smallest absolute Gasteiger partial charge is 0.161 e. The summed E-state index contributed by atoms with van der Waals surface area (Å²) in [6.07, 6.45) is 1.04. The van der Waals surface area contributed by atoms with E-state index in [-0.39, 0.29) is 30.4 Å². The highest BCUT2D eigenvalue weighted by molar-refractivity contribution is 6.31. The third kappa shape index (κ3) is 6.04. The maximum Gasteiger partial charge on any atom is 0.161 e. The van der Waals surface area contributed by atoms with Crippen molar-refractivity contribution in [3.8, 4) is 11.5 Å². The Labute approximate surface area is 166 Å².